The van der Waals surface area contributed by atoms with Gasteiger partial charge in [0.2, 0.25) is 0 Å². The summed E-state index contributed by atoms with van der Waals surface area (Å²) in [7, 11) is -1.25. The maximum absolute atomic E-state index is 2.48. The van der Waals surface area contributed by atoms with Crippen molar-refractivity contribution in [3.8, 4) is 0 Å². The van der Waals surface area contributed by atoms with Crippen LogP contribution in [0.3, 0.4) is 0 Å². The van der Waals surface area contributed by atoms with Gasteiger partial charge in [-0.25, -0.2) is 0 Å². The van der Waals surface area contributed by atoms with E-state index in [2.05, 4.69) is 48.6 Å². The molecule has 76 valence electrons. The second-order valence-electron chi connectivity index (χ2n) is 4.59. The molecule has 0 saturated carbocycles. The maximum atomic E-state index is 2.48. The molecule has 0 amide bonds. The predicted molar refractivity (Wildman–Crippen MR) is 67.9 cm³/mol. The highest BCUT2D eigenvalue weighted by atomic mass is 28.3. The van der Waals surface area contributed by atoms with Gasteiger partial charge >= 0.3 is 0 Å². The number of hydrogen-bond acceptors (Lipinski definition) is 0. The highest BCUT2D eigenvalue weighted by molar-refractivity contribution is 6.98. The second-order valence-corrected chi connectivity index (χ2v) is 8.91. The first-order valence-electron chi connectivity index (χ1n) is 5.84. The third-order valence-electron chi connectivity index (χ3n) is 3.85. The van der Waals surface area contributed by atoms with Crippen molar-refractivity contribution in [2.45, 2.75) is 24.9 Å². The molecular weight excluding hydrogens is 196 g/mol. The lowest BCUT2D eigenvalue weighted by Crippen LogP contribution is -2.48. The lowest BCUT2D eigenvalue weighted by Gasteiger charge is -2.32. The van der Waals surface area contributed by atoms with Gasteiger partial charge in [-0.05, 0) is 24.9 Å². The monoisotopic (exact) mass is 212 g/mol. The van der Waals surface area contributed by atoms with Gasteiger partial charge in [-0.2, -0.15) is 0 Å². The first-order valence-corrected chi connectivity index (χ1v) is 8.26. The zero-order valence-electron chi connectivity index (χ0n) is 8.95. The van der Waals surface area contributed by atoms with Gasteiger partial charge in [-0.3, -0.25) is 0 Å². The molecule has 1 heteroatoms. The summed E-state index contributed by atoms with van der Waals surface area (Å²) in [6.07, 6.45) is 9.83. The summed E-state index contributed by atoms with van der Waals surface area (Å²) < 4.78 is 0. The minimum atomic E-state index is -1.25. The van der Waals surface area contributed by atoms with Gasteiger partial charge in [-0.15, -0.1) is 0 Å². The number of rotatable bonds is 1. The van der Waals surface area contributed by atoms with Crippen LogP contribution in [0.1, 0.15) is 12.8 Å². The lowest BCUT2D eigenvalue weighted by atomic mass is 10.3. The van der Waals surface area contributed by atoms with Crippen LogP contribution < -0.4 is 5.19 Å². The van der Waals surface area contributed by atoms with Crippen LogP contribution in [0.15, 0.2) is 53.8 Å². The summed E-state index contributed by atoms with van der Waals surface area (Å²) in [5.74, 6) is 0. The molecule has 1 unspecified atom stereocenters. The Bertz CT molecular complexity index is 416. The fourth-order valence-electron chi connectivity index (χ4n) is 3.06. The molecule has 1 atom stereocenters. The Balaban J connectivity index is 2.10. The van der Waals surface area contributed by atoms with Crippen molar-refractivity contribution < 1.29 is 0 Å². The van der Waals surface area contributed by atoms with Crippen molar-refractivity contribution in [3.05, 3.63) is 53.8 Å². The standard InChI is InChI=1S/C14H16Si/c1-2-7-13(8-3-1)15-11-5-4-9-14(15)10-6-12-15/h1-4,7-10H,5-6,11-12H2. The van der Waals surface area contributed by atoms with Gasteiger partial charge in [-0.1, -0.05) is 58.9 Å². The van der Waals surface area contributed by atoms with Crippen molar-refractivity contribution in [3.63, 3.8) is 0 Å². The number of fused-ring (bicyclic) bond motifs is 1. The Labute approximate surface area is 92.3 Å². The predicted octanol–water partition coefficient (Wildman–Crippen LogP) is 3.17. The van der Waals surface area contributed by atoms with Gasteiger partial charge in [0.25, 0.3) is 0 Å². The van der Waals surface area contributed by atoms with Crippen molar-refractivity contribution in [2.24, 2.45) is 0 Å². The summed E-state index contributed by atoms with van der Waals surface area (Å²) in [5, 5.41) is 3.35. The van der Waals surface area contributed by atoms with E-state index in [1.165, 1.54) is 24.9 Å². The van der Waals surface area contributed by atoms with Crippen LogP contribution in [-0.4, -0.2) is 8.07 Å². The first-order chi connectivity index (χ1) is 7.42. The quantitative estimate of drug-likeness (QED) is 0.627. The molecule has 2 aliphatic heterocycles. The molecule has 0 saturated heterocycles. The molecule has 0 N–H and O–H groups in total. The van der Waals surface area contributed by atoms with E-state index in [4.69, 9.17) is 0 Å². The largest absolute Gasteiger partial charge is 0.118 e. The van der Waals surface area contributed by atoms with E-state index >= 15 is 0 Å². The van der Waals surface area contributed by atoms with Gasteiger partial charge in [0, 0.05) is 0 Å². The van der Waals surface area contributed by atoms with Crippen molar-refractivity contribution >= 4 is 13.3 Å². The van der Waals surface area contributed by atoms with Gasteiger partial charge in [0.15, 0.2) is 0 Å². The van der Waals surface area contributed by atoms with Crippen molar-refractivity contribution in [1.82, 2.24) is 0 Å². The van der Waals surface area contributed by atoms with E-state index in [0.29, 0.717) is 0 Å². The molecule has 0 radical (unpaired) electrons. The molecule has 0 aliphatic carbocycles. The molecule has 3 rings (SSSR count). The van der Waals surface area contributed by atoms with Gasteiger partial charge in [0.1, 0.15) is 8.07 Å². The van der Waals surface area contributed by atoms with Crippen LogP contribution in [0, 0.1) is 0 Å². The highest BCUT2D eigenvalue weighted by Crippen LogP contribution is 2.37. The van der Waals surface area contributed by atoms with E-state index in [0.717, 1.165) is 0 Å². The molecule has 2 heterocycles. The average molecular weight is 212 g/mol. The topological polar surface area (TPSA) is 0 Å². The minimum absolute atomic E-state index is 1.25. The van der Waals surface area contributed by atoms with Crippen LogP contribution >= 0.6 is 0 Å². The fraction of sp³-hybridized carbons (Fsp3) is 0.286. The molecule has 0 bridgehead atoms. The zero-order chi connectivity index (χ0) is 10.1. The highest BCUT2D eigenvalue weighted by Gasteiger charge is 2.40. The lowest BCUT2D eigenvalue weighted by molar-refractivity contribution is 1.12. The smallest absolute Gasteiger partial charge is 0.0851 e. The Kier molecular flexibility index (Phi) is 2.13. The van der Waals surface area contributed by atoms with Crippen molar-refractivity contribution in [2.75, 3.05) is 0 Å². The Morgan fingerprint density at radius 1 is 0.933 bits per heavy atom. The summed E-state index contributed by atoms with van der Waals surface area (Å²) in [5.41, 5.74) is 0. The molecule has 0 nitrogen and oxygen atoms in total. The molecule has 0 spiro atoms. The summed E-state index contributed by atoms with van der Waals surface area (Å²) in [6, 6.07) is 14.1. The SMILES string of the molecule is C1=CC2=CCC[Si]2(c2ccccc2)CC1. The van der Waals surface area contributed by atoms with Crippen LogP contribution in [-0.2, 0) is 0 Å². The van der Waals surface area contributed by atoms with E-state index in [-0.39, 0.29) is 0 Å². The van der Waals surface area contributed by atoms with Crippen LogP contribution in [0.25, 0.3) is 0 Å². The third kappa shape index (κ3) is 1.34. The molecule has 2 aliphatic rings. The Morgan fingerprint density at radius 2 is 1.73 bits per heavy atom. The molecular formula is C14H16Si. The summed E-state index contributed by atoms with van der Waals surface area (Å²) >= 11 is 0. The average Bonchev–Trinajstić information content (AvgIpc) is 2.75. The van der Waals surface area contributed by atoms with Crippen molar-refractivity contribution in [1.29, 1.82) is 0 Å². The molecule has 1 aromatic carbocycles. The fourth-order valence-corrected chi connectivity index (χ4v) is 7.90. The van der Waals surface area contributed by atoms with E-state index in [1.54, 1.807) is 10.4 Å². The summed E-state index contributed by atoms with van der Waals surface area (Å²) in [4.78, 5) is 0. The van der Waals surface area contributed by atoms with Crippen LogP contribution in [0.2, 0.25) is 12.1 Å². The number of benzene rings is 1. The normalized spacial score (nSPS) is 28.7. The number of hydrogen-bond donors (Lipinski definition) is 0. The zero-order valence-corrected chi connectivity index (χ0v) is 9.95. The molecule has 15 heavy (non-hydrogen) atoms. The number of allylic oxidation sites excluding steroid dienone is 4. The summed E-state index contributed by atoms with van der Waals surface area (Å²) in [6.45, 7) is 0. The second kappa shape index (κ2) is 3.49. The third-order valence-corrected chi connectivity index (χ3v) is 9.05. The van der Waals surface area contributed by atoms with Crippen LogP contribution in [0.4, 0.5) is 0 Å². The van der Waals surface area contributed by atoms with Gasteiger partial charge in [0.05, 0.1) is 0 Å². The Morgan fingerprint density at radius 3 is 2.60 bits per heavy atom. The molecule has 1 aromatic rings. The minimum Gasteiger partial charge on any atom is -0.0851 e. The van der Waals surface area contributed by atoms with E-state index in [9.17, 15) is 0 Å². The molecule has 0 fully saturated rings. The van der Waals surface area contributed by atoms with Gasteiger partial charge < -0.3 is 0 Å². The first kappa shape index (κ1) is 9.17. The molecule has 0 aromatic heterocycles. The van der Waals surface area contributed by atoms with Crippen LogP contribution in [0.5, 0.6) is 0 Å². The van der Waals surface area contributed by atoms with E-state index in [1.807, 2.05) is 0 Å². The van der Waals surface area contributed by atoms with E-state index < -0.39 is 8.07 Å². The maximum Gasteiger partial charge on any atom is 0.118 e. The Hall–Kier alpha value is -1.08.